The SMILES string of the molecule is Cc1c(OS(=O)(=O)F)cc(CN2CCN(C(=O)OCC3c4ccccc4-c4ccccc43)CC2)cc1[B-](F)(F)F. The highest BCUT2D eigenvalue weighted by molar-refractivity contribution is 7.81. The van der Waals surface area contributed by atoms with E-state index in [9.17, 15) is 30.0 Å². The monoisotopic (exact) mass is 577 g/mol. The molecule has 1 aliphatic heterocycles. The summed E-state index contributed by atoms with van der Waals surface area (Å²) < 4.78 is 85.7. The lowest BCUT2D eigenvalue weighted by atomic mass is 9.76. The molecule has 0 bridgehead atoms. The van der Waals surface area contributed by atoms with E-state index in [0.717, 1.165) is 41.3 Å². The van der Waals surface area contributed by atoms with Crippen LogP contribution in [0.1, 0.15) is 28.2 Å². The quantitative estimate of drug-likeness (QED) is 0.230. The largest absolute Gasteiger partial charge is 0.510 e. The molecule has 1 amide bonds. The summed E-state index contributed by atoms with van der Waals surface area (Å²) in [5.41, 5.74) is 3.01. The Labute approximate surface area is 229 Å². The minimum Gasteiger partial charge on any atom is -0.448 e. The van der Waals surface area contributed by atoms with E-state index in [1.165, 1.54) is 0 Å². The number of rotatable bonds is 7. The van der Waals surface area contributed by atoms with E-state index in [-0.39, 0.29) is 24.6 Å². The second kappa shape index (κ2) is 10.8. The Morgan fingerprint density at radius 2 is 1.52 bits per heavy atom. The Kier molecular flexibility index (Phi) is 7.53. The third-order valence-electron chi connectivity index (χ3n) is 7.37. The van der Waals surface area contributed by atoms with Gasteiger partial charge in [0.25, 0.3) is 0 Å². The van der Waals surface area contributed by atoms with Crippen molar-refractivity contribution in [3.63, 3.8) is 0 Å². The van der Waals surface area contributed by atoms with Gasteiger partial charge in [-0.1, -0.05) is 58.5 Å². The van der Waals surface area contributed by atoms with Crippen LogP contribution in [0, 0.1) is 6.92 Å². The minimum atomic E-state index is -5.51. The zero-order valence-electron chi connectivity index (χ0n) is 21.5. The predicted molar refractivity (Wildman–Crippen MR) is 142 cm³/mol. The number of benzene rings is 3. The molecule has 5 rings (SSSR count). The maximum atomic E-state index is 13.6. The molecule has 7 nitrogen and oxygen atoms in total. The van der Waals surface area contributed by atoms with Crippen LogP contribution in [-0.4, -0.2) is 64.1 Å². The number of carbonyl (C=O) groups is 1. The molecule has 1 fully saturated rings. The van der Waals surface area contributed by atoms with Crippen LogP contribution in [0.4, 0.5) is 21.6 Å². The van der Waals surface area contributed by atoms with Crippen molar-refractivity contribution >= 4 is 29.0 Å². The summed E-state index contributed by atoms with van der Waals surface area (Å²) in [5.74, 6) is -0.778. The van der Waals surface area contributed by atoms with Gasteiger partial charge >= 0.3 is 23.6 Å². The van der Waals surface area contributed by atoms with Crippen LogP contribution in [0.25, 0.3) is 11.1 Å². The molecular weight excluding hydrogens is 551 g/mol. The van der Waals surface area contributed by atoms with E-state index < -0.39 is 40.4 Å². The molecule has 1 saturated heterocycles. The minimum absolute atomic E-state index is 0.0284. The highest BCUT2D eigenvalue weighted by Gasteiger charge is 2.32. The first-order valence-electron chi connectivity index (χ1n) is 12.7. The molecule has 40 heavy (non-hydrogen) atoms. The molecule has 1 heterocycles. The fraction of sp³-hybridized carbons (Fsp3) is 0.296. The highest BCUT2D eigenvalue weighted by atomic mass is 32.3. The Bertz CT molecular complexity index is 1500. The summed E-state index contributed by atoms with van der Waals surface area (Å²) in [4.78, 5) is 16.2. The predicted octanol–water partition coefficient (Wildman–Crippen LogP) is 4.71. The topological polar surface area (TPSA) is 76.2 Å². The molecule has 0 spiro atoms. The van der Waals surface area contributed by atoms with Gasteiger partial charge in [0, 0.05) is 38.6 Å². The van der Waals surface area contributed by atoms with Crippen LogP contribution in [0.5, 0.6) is 5.75 Å². The van der Waals surface area contributed by atoms with Crippen molar-refractivity contribution in [2.24, 2.45) is 0 Å². The lowest BCUT2D eigenvalue weighted by Gasteiger charge is -2.34. The molecular formula is C27H26BF4N2O5S-. The normalized spacial score (nSPS) is 16.0. The Balaban J connectivity index is 1.21. The molecule has 3 aromatic rings. The second-order valence-electron chi connectivity index (χ2n) is 9.93. The first-order valence-corrected chi connectivity index (χ1v) is 14.0. The van der Waals surface area contributed by atoms with Gasteiger partial charge in [-0.05, 0) is 46.4 Å². The van der Waals surface area contributed by atoms with Gasteiger partial charge < -0.3 is 26.8 Å². The zero-order chi connectivity index (χ0) is 28.7. The number of carbonyl (C=O) groups excluding carboxylic acids is 1. The summed E-state index contributed by atoms with van der Waals surface area (Å²) in [6.45, 7) is -2.97. The van der Waals surface area contributed by atoms with Crippen molar-refractivity contribution in [2.45, 2.75) is 19.4 Å². The second-order valence-corrected chi connectivity index (χ2v) is 10.9. The third kappa shape index (κ3) is 5.95. The third-order valence-corrected chi connectivity index (χ3v) is 7.75. The first kappa shape index (κ1) is 28.0. The number of piperazine rings is 1. The van der Waals surface area contributed by atoms with Gasteiger partial charge in [-0.2, -0.15) is 8.42 Å². The van der Waals surface area contributed by atoms with Crippen LogP contribution < -0.4 is 9.65 Å². The Hall–Kier alpha value is -3.58. The van der Waals surface area contributed by atoms with Gasteiger partial charge in [-0.25, -0.2) is 4.79 Å². The highest BCUT2D eigenvalue weighted by Crippen LogP contribution is 2.44. The van der Waals surface area contributed by atoms with Crippen molar-refractivity contribution in [1.29, 1.82) is 0 Å². The van der Waals surface area contributed by atoms with Crippen molar-refractivity contribution in [2.75, 3.05) is 32.8 Å². The molecule has 0 radical (unpaired) electrons. The van der Waals surface area contributed by atoms with Crippen molar-refractivity contribution in [1.82, 2.24) is 9.80 Å². The molecule has 0 unspecified atom stereocenters. The van der Waals surface area contributed by atoms with E-state index in [2.05, 4.69) is 4.18 Å². The summed E-state index contributed by atoms with van der Waals surface area (Å²) >= 11 is 0. The van der Waals surface area contributed by atoms with E-state index in [1.54, 1.807) is 4.90 Å². The maximum Gasteiger partial charge on any atom is 0.510 e. The smallest absolute Gasteiger partial charge is 0.448 e. The summed E-state index contributed by atoms with van der Waals surface area (Å²) in [6, 6.07) is 18.0. The van der Waals surface area contributed by atoms with Crippen LogP contribution in [0.15, 0.2) is 60.7 Å². The van der Waals surface area contributed by atoms with E-state index >= 15 is 0 Å². The maximum absolute atomic E-state index is 13.6. The number of ether oxygens (including phenoxy) is 1. The number of halogens is 4. The standard InChI is InChI=1S/C27H26BF4N2O5S/c1-18-25(28(29,30)31)14-19(15-26(18)39-40(32,36)37)16-33-10-12-34(13-11-33)27(35)38-17-24-22-8-4-2-6-20(22)21-7-3-5-9-23(21)24/h2-9,14-15,24H,10-13,16-17H2,1H3/q-1. The summed E-state index contributed by atoms with van der Waals surface area (Å²) in [5, 5.41) is 0. The number of amides is 1. The number of hydrogen-bond donors (Lipinski definition) is 0. The van der Waals surface area contributed by atoms with Gasteiger partial charge in [0.15, 0.2) is 0 Å². The van der Waals surface area contributed by atoms with E-state index in [0.29, 0.717) is 26.2 Å². The van der Waals surface area contributed by atoms with Crippen LogP contribution in [-0.2, 0) is 21.8 Å². The van der Waals surface area contributed by atoms with Gasteiger partial charge in [0.05, 0.1) is 0 Å². The zero-order valence-corrected chi connectivity index (χ0v) is 22.3. The number of nitrogens with zero attached hydrogens (tertiary/aromatic N) is 2. The molecule has 13 heteroatoms. The average molecular weight is 577 g/mol. The molecule has 0 aromatic heterocycles. The molecule has 2 aliphatic rings. The number of fused-ring (bicyclic) bond motifs is 3. The van der Waals surface area contributed by atoms with Crippen molar-refractivity contribution in [3.05, 3.63) is 82.9 Å². The fourth-order valence-electron chi connectivity index (χ4n) is 5.43. The average Bonchev–Trinajstić information content (AvgIpc) is 3.21. The van der Waals surface area contributed by atoms with Crippen LogP contribution >= 0.6 is 0 Å². The van der Waals surface area contributed by atoms with Crippen LogP contribution in [0.2, 0.25) is 0 Å². The lowest BCUT2D eigenvalue weighted by molar-refractivity contribution is 0.0728. The molecule has 0 saturated carbocycles. The number of hydrogen-bond acceptors (Lipinski definition) is 6. The van der Waals surface area contributed by atoms with Crippen molar-refractivity contribution in [3.8, 4) is 16.9 Å². The fourth-order valence-corrected chi connectivity index (χ4v) is 5.81. The van der Waals surface area contributed by atoms with Gasteiger partial charge in [0.1, 0.15) is 12.4 Å². The van der Waals surface area contributed by atoms with Gasteiger partial charge in [-0.3, -0.25) is 4.90 Å². The van der Waals surface area contributed by atoms with E-state index in [1.807, 2.05) is 53.4 Å². The van der Waals surface area contributed by atoms with Gasteiger partial charge in [-0.15, -0.1) is 5.46 Å². The summed E-state index contributed by atoms with van der Waals surface area (Å²) in [7, 11) is -5.51. The molecule has 0 atom stereocenters. The van der Waals surface area contributed by atoms with Crippen LogP contribution in [0.3, 0.4) is 0 Å². The molecule has 3 aromatic carbocycles. The first-order chi connectivity index (χ1) is 18.9. The summed E-state index contributed by atoms with van der Waals surface area (Å²) in [6.07, 6.45) is -0.470. The Morgan fingerprint density at radius 3 is 2.08 bits per heavy atom. The van der Waals surface area contributed by atoms with Gasteiger partial charge in [0.2, 0.25) is 0 Å². The van der Waals surface area contributed by atoms with Crippen molar-refractivity contribution < 1.29 is 39.0 Å². The lowest BCUT2D eigenvalue weighted by Crippen LogP contribution is -2.48. The molecule has 212 valence electrons. The van der Waals surface area contributed by atoms with E-state index in [4.69, 9.17) is 4.74 Å². The molecule has 1 aliphatic carbocycles. The Morgan fingerprint density at radius 1 is 0.950 bits per heavy atom. The molecule has 0 N–H and O–H groups in total.